The van der Waals surface area contributed by atoms with E-state index in [1.165, 1.54) is 11.3 Å². The Morgan fingerprint density at radius 1 is 1.21 bits per heavy atom. The van der Waals surface area contributed by atoms with Gasteiger partial charge in [-0.3, -0.25) is 14.3 Å². The van der Waals surface area contributed by atoms with Crippen LogP contribution < -0.4 is 10.6 Å². The van der Waals surface area contributed by atoms with Gasteiger partial charge in [0.1, 0.15) is 4.83 Å². The SMILES string of the molecule is Cc1nn(Cc2ccccc2Cl)c2sc(C(=O)NCCNC(=O)C(C)C)cc12. The van der Waals surface area contributed by atoms with Crippen molar-refractivity contribution in [2.24, 2.45) is 5.92 Å². The van der Waals surface area contributed by atoms with Gasteiger partial charge in [-0.2, -0.15) is 5.10 Å². The van der Waals surface area contributed by atoms with Crippen molar-refractivity contribution in [3.8, 4) is 0 Å². The summed E-state index contributed by atoms with van der Waals surface area (Å²) >= 11 is 7.67. The zero-order chi connectivity index (χ0) is 20.3. The van der Waals surface area contributed by atoms with Crippen LogP contribution in [-0.4, -0.2) is 34.7 Å². The lowest BCUT2D eigenvalue weighted by molar-refractivity contribution is -0.123. The molecule has 0 atom stereocenters. The quantitative estimate of drug-likeness (QED) is 0.575. The minimum Gasteiger partial charge on any atom is -0.354 e. The number of carbonyl (C=O) groups is 2. The normalized spacial score (nSPS) is 11.2. The van der Waals surface area contributed by atoms with Crippen LogP contribution in [0.5, 0.6) is 0 Å². The molecule has 0 saturated heterocycles. The van der Waals surface area contributed by atoms with Gasteiger partial charge in [-0.25, -0.2) is 0 Å². The summed E-state index contributed by atoms with van der Waals surface area (Å²) in [7, 11) is 0. The van der Waals surface area contributed by atoms with Crippen molar-refractivity contribution in [3.63, 3.8) is 0 Å². The summed E-state index contributed by atoms with van der Waals surface area (Å²) in [6, 6.07) is 9.54. The molecule has 8 heteroatoms. The molecule has 2 amide bonds. The molecule has 3 rings (SSSR count). The second kappa shape index (κ2) is 8.75. The fraction of sp³-hybridized carbons (Fsp3) is 0.350. The molecule has 1 aromatic carbocycles. The van der Waals surface area contributed by atoms with Crippen LogP contribution in [-0.2, 0) is 11.3 Å². The largest absolute Gasteiger partial charge is 0.354 e. The molecule has 0 bridgehead atoms. The number of hydrogen-bond acceptors (Lipinski definition) is 4. The number of carbonyl (C=O) groups excluding carboxylic acids is 2. The molecule has 0 aliphatic carbocycles. The average molecular weight is 419 g/mol. The molecule has 28 heavy (non-hydrogen) atoms. The molecule has 0 unspecified atom stereocenters. The lowest BCUT2D eigenvalue weighted by atomic mass is 10.2. The maximum atomic E-state index is 12.5. The first-order valence-electron chi connectivity index (χ1n) is 9.13. The van der Waals surface area contributed by atoms with Crippen LogP contribution >= 0.6 is 22.9 Å². The lowest BCUT2D eigenvalue weighted by Gasteiger charge is -2.08. The van der Waals surface area contributed by atoms with Gasteiger partial charge in [0.05, 0.1) is 17.1 Å². The van der Waals surface area contributed by atoms with E-state index in [1.807, 2.05) is 55.8 Å². The molecular formula is C20H23ClN4O2S. The van der Waals surface area contributed by atoms with Gasteiger partial charge in [0.25, 0.3) is 5.91 Å². The van der Waals surface area contributed by atoms with Crippen LogP contribution in [0.15, 0.2) is 30.3 Å². The van der Waals surface area contributed by atoms with E-state index in [0.717, 1.165) is 21.5 Å². The molecule has 148 valence electrons. The van der Waals surface area contributed by atoms with E-state index in [9.17, 15) is 9.59 Å². The van der Waals surface area contributed by atoms with Gasteiger partial charge in [0, 0.05) is 29.4 Å². The predicted octanol–water partition coefficient (Wildman–Crippen LogP) is 3.61. The maximum Gasteiger partial charge on any atom is 0.261 e. The summed E-state index contributed by atoms with van der Waals surface area (Å²) in [5, 5.41) is 11.9. The topological polar surface area (TPSA) is 76.0 Å². The van der Waals surface area contributed by atoms with E-state index in [4.69, 9.17) is 11.6 Å². The summed E-state index contributed by atoms with van der Waals surface area (Å²) in [5.41, 5.74) is 1.86. The fourth-order valence-corrected chi connectivity index (χ4v) is 4.05. The molecular weight excluding hydrogens is 396 g/mol. The number of aryl methyl sites for hydroxylation is 1. The van der Waals surface area contributed by atoms with Gasteiger partial charge in [0.15, 0.2) is 0 Å². The first-order chi connectivity index (χ1) is 13.4. The van der Waals surface area contributed by atoms with Crippen molar-refractivity contribution in [2.75, 3.05) is 13.1 Å². The van der Waals surface area contributed by atoms with Gasteiger partial charge >= 0.3 is 0 Å². The predicted molar refractivity (Wildman–Crippen MR) is 113 cm³/mol. The summed E-state index contributed by atoms with van der Waals surface area (Å²) in [6.45, 7) is 6.94. The van der Waals surface area contributed by atoms with Gasteiger partial charge in [-0.15, -0.1) is 11.3 Å². The molecule has 0 saturated carbocycles. The van der Waals surface area contributed by atoms with Crippen LogP contribution in [0.25, 0.3) is 10.2 Å². The Hall–Kier alpha value is -2.38. The molecule has 0 spiro atoms. The molecule has 2 N–H and O–H groups in total. The van der Waals surface area contributed by atoms with Crippen LogP contribution in [0.2, 0.25) is 5.02 Å². The zero-order valence-corrected chi connectivity index (χ0v) is 17.7. The van der Waals surface area contributed by atoms with E-state index in [0.29, 0.717) is 29.5 Å². The van der Waals surface area contributed by atoms with Crippen molar-refractivity contribution in [3.05, 3.63) is 51.5 Å². The number of aromatic nitrogens is 2. The third-order valence-electron chi connectivity index (χ3n) is 4.34. The van der Waals surface area contributed by atoms with Crippen molar-refractivity contribution >= 4 is 45.0 Å². The summed E-state index contributed by atoms with van der Waals surface area (Å²) < 4.78 is 1.89. The Kier molecular flexibility index (Phi) is 6.36. The number of halogens is 1. The van der Waals surface area contributed by atoms with Crippen LogP contribution in [0, 0.1) is 12.8 Å². The number of nitrogens with zero attached hydrogens (tertiary/aromatic N) is 2. The molecule has 0 radical (unpaired) electrons. The Morgan fingerprint density at radius 3 is 2.64 bits per heavy atom. The van der Waals surface area contributed by atoms with Crippen molar-refractivity contribution < 1.29 is 9.59 Å². The van der Waals surface area contributed by atoms with E-state index in [1.54, 1.807) is 0 Å². The van der Waals surface area contributed by atoms with Crippen LogP contribution in [0.3, 0.4) is 0 Å². The minimum absolute atomic E-state index is 0.0219. The molecule has 3 aromatic rings. The van der Waals surface area contributed by atoms with Crippen molar-refractivity contribution in [1.29, 1.82) is 0 Å². The van der Waals surface area contributed by atoms with E-state index < -0.39 is 0 Å². The highest BCUT2D eigenvalue weighted by Crippen LogP contribution is 2.29. The highest BCUT2D eigenvalue weighted by molar-refractivity contribution is 7.20. The Labute approximate surface area is 172 Å². The lowest BCUT2D eigenvalue weighted by Crippen LogP contribution is -2.36. The molecule has 0 aliphatic heterocycles. The van der Waals surface area contributed by atoms with Crippen molar-refractivity contribution in [1.82, 2.24) is 20.4 Å². The average Bonchev–Trinajstić information content (AvgIpc) is 3.22. The number of benzene rings is 1. The monoisotopic (exact) mass is 418 g/mol. The number of nitrogens with one attached hydrogen (secondary N) is 2. The number of thiophene rings is 1. The maximum absolute atomic E-state index is 12.5. The summed E-state index contributed by atoms with van der Waals surface area (Å²) in [4.78, 5) is 25.6. The number of rotatable bonds is 7. The van der Waals surface area contributed by atoms with E-state index in [-0.39, 0.29) is 17.7 Å². The summed E-state index contributed by atoms with van der Waals surface area (Å²) in [5.74, 6) is -0.238. The van der Waals surface area contributed by atoms with E-state index >= 15 is 0 Å². The van der Waals surface area contributed by atoms with Gasteiger partial charge in [-0.05, 0) is 24.6 Å². The van der Waals surface area contributed by atoms with Crippen molar-refractivity contribution in [2.45, 2.75) is 27.3 Å². The minimum atomic E-state index is -0.149. The fourth-order valence-electron chi connectivity index (χ4n) is 2.77. The number of amides is 2. The smallest absolute Gasteiger partial charge is 0.261 e. The molecule has 0 aliphatic rings. The molecule has 2 heterocycles. The second-order valence-electron chi connectivity index (χ2n) is 6.87. The molecule has 0 fully saturated rings. The standard InChI is InChI=1S/C20H23ClN4O2S/c1-12(2)18(26)22-8-9-23-19(27)17-10-15-13(3)24-25(20(15)28-17)11-14-6-4-5-7-16(14)21/h4-7,10,12H,8-9,11H2,1-3H3,(H,22,26)(H,23,27). The highest BCUT2D eigenvalue weighted by Gasteiger charge is 2.17. The highest BCUT2D eigenvalue weighted by atomic mass is 35.5. The van der Waals surface area contributed by atoms with Gasteiger partial charge in [0.2, 0.25) is 5.91 Å². The number of fused-ring (bicyclic) bond motifs is 1. The first kappa shape index (κ1) is 20.4. The van der Waals surface area contributed by atoms with Gasteiger partial charge in [-0.1, -0.05) is 43.6 Å². The zero-order valence-electron chi connectivity index (χ0n) is 16.1. The Bertz CT molecular complexity index is 1010. The Balaban J connectivity index is 1.69. The van der Waals surface area contributed by atoms with Gasteiger partial charge < -0.3 is 10.6 Å². The third kappa shape index (κ3) is 4.54. The van der Waals surface area contributed by atoms with E-state index in [2.05, 4.69) is 15.7 Å². The Morgan fingerprint density at radius 2 is 1.93 bits per heavy atom. The third-order valence-corrected chi connectivity index (χ3v) is 5.86. The van der Waals surface area contributed by atoms with Crippen LogP contribution in [0.4, 0.5) is 0 Å². The molecule has 2 aromatic heterocycles. The summed E-state index contributed by atoms with van der Waals surface area (Å²) in [6.07, 6.45) is 0. The molecule has 6 nitrogen and oxygen atoms in total. The second-order valence-corrected chi connectivity index (χ2v) is 8.30. The van der Waals surface area contributed by atoms with Crippen LogP contribution in [0.1, 0.15) is 34.8 Å². The first-order valence-corrected chi connectivity index (χ1v) is 10.3. The number of hydrogen-bond donors (Lipinski definition) is 2.